The maximum absolute atomic E-state index is 11.8. The second kappa shape index (κ2) is 5.68. The quantitative estimate of drug-likeness (QED) is 0.929. The van der Waals surface area contributed by atoms with Crippen LogP contribution in [0.1, 0.15) is 30.4 Å². The molecule has 0 atom stereocenters. The average molecular weight is 289 g/mol. The molecule has 114 valence electrons. The highest BCUT2D eigenvalue weighted by Crippen LogP contribution is 2.36. The van der Waals surface area contributed by atoms with E-state index in [4.69, 9.17) is 4.74 Å². The van der Waals surface area contributed by atoms with Crippen molar-refractivity contribution in [2.24, 2.45) is 5.41 Å². The van der Waals surface area contributed by atoms with Crippen molar-refractivity contribution in [1.82, 2.24) is 0 Å². The van der Waals surface area contributed by atoms with Crippen LogP contribution in [0.5, 0.6) is 0 Å². The maximum Gasteiger partial charge on any atom is 0.311 e. The number of ether oxygens (including phenoxy) is 1. The molecule has 1 aromatic carbocycles. The van der Waals surface area contributed by atoms with E-state index in [1.807, 2.05) is 0 Å². The zero-order valence-electron chi connectivity index (χ0n) is 12.6. The minimum absolute atomic E-state index is 0.556. The largest absolute Gasteiger partial charge is 0.481 e. The number of aryl methyl sites for hydroxylation is 2. The summed E-state index contributed by atoms with van der Waals surface area (Å²) < 4.78 is 5.37. The molecule has 3 rings (SSSR count). The Bertz CT molecular complexity index is 535. The first-order valence-electron chi connectivity index (χ1n) is 7.76. The van der Waals surface area contributed by atoms with Crippen molar-refractivity contribution in [1.29, 1.82) is 0 Å². The summed E-state index contributed by atoms with van der Waals surface area (Å²) in [6.45, 7) is 4.77. The molecule has 0 aromatic heterocycles. The van der Waals surface area contributed by atoms with Gasteiger partial charge >= 0.3 is 5.97 Å². The number of rotatable bonds is 3. The van der Waals surface area contributed by atoms with Gasteiger partial charge in [0.1, 0.15) is 0 Å². The van der Waals surface area contributed by atoms with E-state index < -0.39 is 11.4 Å². The molecular weight excluding hydrogens is 266 g/mol. The second-order valence-corrected chi connectivity index (χ2v) is 6.36. The molecule has 1 fully saturated rings. The molecule has 21 heavy (non-hydrogen) atoms. The van der Waals surface area contributed by atoms with Gasteiger partial charge in [0.2, 0.25) is 0 Å². The van der Waals surface area contributed by atoms with E-state index >= 15 is 0 Å². The van der Waals surface area contributed by atoms with Gasteiger partial charge in [0.25, 0.3) is 0 Å². The van der Waals surface area contributed by atoms with Gasteiger partial charge in [0.05, 0.1) is 5.41 Å². The molecule has 1 N–H and O–H groups in total. The summed E-state index contributed by atoms with van der Waals surface area (Å²) >= 11 is 0. The predicted molar refractivity (Wildman–Crippen MR) is 81.8 cm³/mol. The van der Waals surface area contributed by atoms with Crippen molar-refractivity contribution >= 4 is 11.7 Å². The number of nitrogens with zero attached hydrogens (tertiary/aromatic N) is 1. The molecule has 0 radical (unpaired) electrons. The monoisotopic (exact) mass is 289 g/mol. The van der Waals surface area contributed by atoms with E-state index in [0.717, 1.165) is 19.4 Å². The Morgan fingerprint density at radius 1 is 1.38 bits per heavy atom. The van der Waals surface area contributed by atoms with Crippen molar-refractivity contribution in [2.75, 3.05) is 31.2 Å². The number of fused-ring (bicyclic) bond motifs is 1. The molecule has 0 spiro atoms. The highest BCUT2D eigenvalue weighted by atomic mass is 16.5. The standard InChI is InChI=1S/C17H23NO3/c1-13-4-5-15-14(11-13)3-2-8-18(15)12-17(16(19)20)6-9-21-10-7-17/h4-5,11H,2-3,6-10,12H2,1H3,(H,19,20). The average Bonchev–Trinajstić information content (AvgIpc) is 2.48. The molecule has 4 heteroatoms. The number of carbonyl (C=O) groups is 1. The van der Waals surface area contributed by atoms with Crippen LogP contribution in [-0.4, -0.2) is 37.4 Å². The first-order chi connectivity index (χ1) is 10.1. The number of carboxylic acid groups (broad SMARTS) is 1. The summed E-state index contributed by atoms with van der Waals surface area (Å²) in [7, 11) is 0. The Kier molecular flexibility index (Phi) is 3.89. The summed E-state index contributed by atoms with van der Waals surface area (Å²) in [4.78, 5) is 14.1. The number of hydrogen-bond donors (Lipinski definition) is 1. The van der Waals surface area contributed by atoms with Gasteiger partial charge < -0.3 is 14.7 Å². The van der Waals surface area contributed by atoms with Crippen LogP contribution in [0.25, 0.3) is 0 Å². The van der Waals surface area contributed by atoms with Crippen molar-refractivity contribution in [2.45, 2.75) is 32.6 Å². The van der Waals surface area contributed by atoms with Gasteiger partial charge in [-0.25, -0.2) is 0 Å². The number of anilines is 1. The van der Waals surface area contributed by atoms with E-state index in [1.54, 1.807) is 0 Å². The summed E-state index contributed by atoms with van der Waals surface area (Å²) in [6.07, 6.45) is 3.42. The smallest absolute Gasteiger partial charge is 0.311 e. The predicted octanol–water partition coefficient (Wildman–Crippen LogP) is 2.63. The van der Waals surface area contributed by atoms with Crippen LogP contribution in [0, 0.1) is 12.3 Å². The summed E-state index contributed by atoms with van der Waals surface area (Å²) in [5.41, 5.74) is 3.19. The first-order valence-corrected chi connectivity index (χ1v) is 7.76. The highest BCUT2D eigenvalue weighted by Gasteiger charge is 2.42. The van der Waals surface area contributed by atoms with Crippen molar-refractivity contribution in [3.8, 4) is 0 Å². The molecule has 2 heterocycles. The Hall–Kier alpha value is -1.55. The third kappa shape index (κ3) is 2.77. The Morgan fingerprint density at radius 3 is 2.86 bits per heavy atom. The van der Waals surface area contributed by atoms with Gasteiger partial charge in [-0.2, -0.15) is 0 Å². The lowest BCUT2D eigenvalue weighted by atomic mass is 9.79. The van der Waals surface area contributed by atoms with Crippen LogP contribution in [0.3, 0.4) is 0 Å². The topological polar surface area (TPSA) is 49.8 Å². The highest BCUT2D eigenvalue weighted by molar-refractivity contribution is 5.76. The fraction of sp³-hybridized carbons (Fsp3) is 0.588. The maximum atomic E-state index is 11.8. The van der Waals surface area contributed by atoms with E-state index in [0.29, 0.717) is 32.6 Å². The Balaban J connectivity index is 1.86. The second-order valence-electron chi connectivity index (χ2n) is 6.36. The van der Waals surface area contributed by atoms with Gasteiger partial charge in [0.15, 0.2) is 0 Å². The van der Waals surface area contributed by atoms with Gasteiger partial charge in [-0.05, 0) is 44.2 Å². The van der Waals surface area contributed by atoms with Gasteiger partial charge in [0, 0.05) is 32.0 Å². The van der Waals surface area contributed by atoms with Crippen LogP contribution < -0.4 is 4.90 Å². The number of hydrogen-bond acceptors (Lipinski definition) is 3. The van der Waals surface area contributed by atoms with Gasteiger partial charge in [-0.15, -0.1) is 0 Å². The van der Waals surface area contributed by atoms with E-state index in [9.17, 15) is 9.90 Å². The molecule has 0 unspecified atom stereocenters. The molecule has 0 aliphatic carbocycles. The zero-order valence-corrected chi connectivity index (χ0v) is 12.6. The lowest BCUT2D eigenvalue weighted by Crippen LogP contribution is -2.48. The normalized spacial score (nSPS) is 20.9. The molecule has 1 saturated heterocycles. The van der Waals surface area contributed by atoms with Crippen molar-refractivity contribution in [3.63, 3.8) is 0 Å². The van der Waals surface area contributed by atoms with Crippen LogP contribution in [-0.2, 0) is 16.0 Å². The molecular formula is C17H23NO3. The Labute approximate surface area is 125 Å². The number of carboxylic acids is 1. The molecule has 2 aliphatic heterocycles. The SMILES string of the molecule is Cc1ccc2c(c1)CCCN2CC1(C(=O)O)CCOCC1. The van der Waals surface area contributed by atoms with Crippen molar-refractivity contribution in [3.05, 3.63) is 29.3 Å². The molecule has 0 saturated carbocycles. The van der Waals surface area contributed by atoms with Crippen molar-refractivity contribution < 1.29 is 14.6 Å². The fourth-order valence-electron chi connectivity index (χ4n) is 3.54. The van der Waals surface area contributed by atoms with Gasteiger partial charge in [-0.1, -0.05) is 17.7 Å². The van der Waals surface area contributed by atoms with E-state index in [1.165, 1.54) is 16.8 Å². The van der Waals surface area contributed by atoms with Gasteiger partial charge in [-0.3, -0.25) is 4.79 Å². The molecule has 0 bridgehead atoms. The molecule has 1 aromatic rings. The molecule has 4 nitrogen and oxygen atoms in total. The van der Waals surface area contributed by atoms with Crippen LogP contribution in [0.2, 0.25) is 0 Å². The number of aliphatic carboxylic acids is 1. The Morgan fingerprint density at radius 2 is 2.14 bits per heavy atom. The lowest BCUT2D eigenvalue weighted by Gasteiger charge is -2.40. The number of benzene rings is 1. The van der Waals surface area contributed by atoms with Crippen LogP contribution in [0.4, 0.5) is 5.69 Å². The lowest BCUT2D eigenvalue weighted by molar-refractivity contribution is -0.154. The van der Waals surface area contributed by atoms with Crippen LogP contribution >= 0.6 is 0 Å². The molecule has 2 aliphatic rings. The minimum Gasteiger partial charge on any atom is -0.481 e. The van der Waals surface area contributed by atoms with Crippen LogP contribution in [0.15, 0.2) is 18.2 Å². The summed E-state index contributed by atoms with van der Waals surface area (Å²) in [5.74, 6) is -0.676. The zero-order chi connectivity index (χ0) is 14.9. The van der Waals surface area contributed by atoms with E-state index in [-0.39, 0.29) is 0 Å². The van der Waals surface area contributed by atoms with E-state index in [2.05, 4.69) is 30.0 Å². The first kappa shape index (κ1) is 14.4. The third-order valence-corrected chi connectivity index (χ3v) is 4.85. The minimum atomic E-state index is -0.676. The fourth-order valence-corrected chi connectivity index (χ4v) is 3.54. The summed E-state index contributed by atoms with van der Waals surface area (Å²) in [6, 6.07) is 6.51. The summed E-state index contributed by atoms with van der Waals surface area (Å²) in [5, 5.41) is 9.73. The third-order valence-electron chi connectivity index (χ3n) is 4.85. The molecule has 0 amide bonds.